The van der Waals surface area contributed by atoms with E-state index in [-0.39, 0.29) is 18.0 Å². The van der Waals surface area contributed by atoms with Gasteiger partial charge in [-0.2, -0.15) is 5.10 Å². The highest BCUT2D eigenvalue weighted by molar-refractivity contribution is 7.89. The summed E-state index contributed by atoms with van der Waals surface area (Å²) in [6.45, 7) is 3.96. The second-order valence-corrected chi connectivity index (χ2v) is 12.3. The molecule has 1 saturated heterocycles. The smallest absolute Gasteiger partial charge is 0.276 e. The fourth-order valence-corrected chi connectivity index (χ4v) is 5.59. The van der Waals surface area contributed by atoms with Crippen LogP contribution < -0.4 is 15.5 Å². The molecule has 42 heavy (non-hydrogen) atoms. The summed E-state index contributed by atoms with van der Waals surface area (Å²) in [4.78, 5) is 12.8. The van der Waals surface area contributed by atoms with Gasteiger partial charge < -0.3 is 30.8 Å². The lowest BCUT2D eigenvalue weighted by molar-refractivity contribution is -0.150. The van der Waals surface area contributed by atoms with Crippen molar-refractivity contribution in [3.63, 3.8) is 0 Å². The summed E-state index contributed by atoms with van der Waals surface area (Å²) >= 11 is 0. The van der Waals surface area contributed by atoms with Crippen LogP contribution in [0.1, 0.15) is 50.1 Å². The minimum Gasteiger partial charge on any atom is -0.395 e. The quantitative estimate of drug-likeness (QED) is 0.0618. The highest BCUT2D eigenvalue weighted by Gasteiger charge is 2.43. The normalized spacial score (nSPS) is 23.2. The first-order valence-electron chi connectivity index (χ1n) is 13.8. The van der Waals surface area contributed by atoms with Crippen molar-refractivity contribution in [1.82, 2.24) is 30.5 Å². The van der Waals surface area contributed by atoms with Crippen molar-refractivity contribution < 1.29 is 38.7 Å². The predicted octanol–water partition coefficient (Wildman–Crippen LogP) is -2.09. The zero-order valence-electron chi connectivity index (χ0n) is 23.9. The average Bonchev–Trinajstić information content (AvgIpc) is 3.46. The van der Waals surface area contributed by atoms with Gasteiger partial charge in [0.05, 0.1) is 66.9 Å². The molecule has 2 aromatic rings. The molecular weight excluding hydrogens is 570 g/mol. The van der Waals surface area contributed by atoms with Gasteiger partial charge in [0.1, 0.15) is 5.69 Å². The monoisotopic (exact) mass is 611 g/mol. The molecule has 1 aliphatic rings. The van der Waals surface area contributed by atoms with E-state index in [4.69, 9.17) is 0 Å². The van der Waals surface area contributed by atoms with Crippen LogP contribution in [0, 0.1) is 6.92 Å². The summed E-state index contributed by atoms with van der Waals surface area (Å²) in [5.41, 5.74) is 1.39. The van der Waals surface area contributed by atoms with Crippen LogP contribution in [0.4, 0.5) is 0 Å². The largest absolute Gasteiger partial charge is 0.395 e. The second kappa shape index (κ2) is 14.6. The molecule has 8 N–H and O–H groups in total. The van der Waals surface area contributed by atoms with Crippen LogP contribution in [0.15, 0.2) is 34.3 Å². The van der Waals surface area contributed by atoms with Gasteiger partial charge in [0, 0.05) is 0 Å². The lowest BCUT2D eigenvalue weighted by Crippen LogP contribution is -2.59. The standard InChI is InChI=1S/C26H41N7O8S/c1-4-5-6-7-22-19(30-32-33(22)13-20-23(36)24(37)21(14-34)29-20)12-27-31-25(38)26(39,17(3)35)15-28-42(40,41)18-10-8-16(2)9-11-18/h8-12,17,20-21,23-24,28-29,34-37,39H,4-7,13-15H2,1-3H3,(H,31,38)/b27-12+/t17?,20-,21-,23-,24-,26?/m1/s1. The number of carbonyl (C=O) groups is 1. The third kappa shape index (κ3) is 7.96. The third-order valence-electron chi connectivity index (χ3n) is 7.35. The molecule has 1 aliphatic heterocycles. The number of benzene rings is 1. The van der Waals surface area contributed by atoms with Gasteiger partial charge in [-0.25, -0.2) is 23.2 Å². The van der Waals surface area contributed by atoms with Crippen LogP contribution in [-0.4, -0.2) is 110 Å². The molecule has 0 aliphatic carbocycles. The Morgan fingerprint density at radius 1 is 1.21 bits per heavy atom. The first-order chi connectivity index (χ1) is 19.8. The number of aliphatic hydroxyl groups is 5. The first-order valence-corrected chi connectivity index (χ1v) is 15.3. The summed E-state index contributed by atoms with van der Waals surface area (Å²) in [5, 5.41) is 66.1. The molecule has 0 bridgehead atoms. The van der Waals surface area contributed by atoms with E-state index in [1.54, 1.807) is 23.7 Å². The van der Waals surface area contributed by atoms with Crippen LogP contribution >= 0.6 is 0 Å². The van der Waals surface area contributed by atoms with Gasteiger partial charge in [0.25, 0.3) is 5.91 Å². The lowest BCUT2D eigenvalue weighted by atomic mass is 9.97. The predicted molar refractivity (Wildman–Crippen MR) is 152 cm³/mol. The molecule has 2 heterocycles. The number of aromatic nitrogens is 3. The lowest BCUT2D eigenvalue weighted by Gasteiger charge is -2.28. The van der Waals surface area contributed by atoms with Crippen LogP contribution in [0.25, 0.3) is 0 Å². The molecule has 6 atom stereocenters. The van der Waals surface area contributed by atoms with E-state index in [1.807, 2.05) is 6.92 Å². The maximum Gasteiger partial charge on any atom is 0.276 e. The molecule has 3 rings (SSSR count). The van der Waals surface area contributed by atoms with E-state index in [0.29, 0.717) is 17.8 Å². The Kier molecular flexibility index (Phi) is 11.7. The van der Waals surface area contributed by atoms with Gasteiger partial charge in [-0.1, -0.05) is 42.7 Å². The number of amides is 1. The molecule has 16 heteroatoms. The number of unbranched alkanes of at least 4 members (excludes halogenated alkanes) is 2. The van der Waals surface area contributed by atoms with Crippen LogP contribution in [0.5, 0.6) is 0 Å². The van der Waals surface area contributed by atoms with Crippen molar-refractivity contribution in [2.24, 2.45) is 5.10 Å². The topological polar surface area (TPSA) is 232 Å². The molecule has 1 aromatic carbocycles. The van der Waals surface area contributed by atoms with Crippen molar-refractivity contribution in [2.45, 2.75) is 93.9 Å². The van der Waals surface area contributed by atoms with E-state index in [9.17, 15) is 38.7 Å². The Morgan fingerprint density at radius 2 is 1.88 bits per heavy atom. The third-order valence-corrected chi connectivity index (χ3v) is 8.77. The van der Waals surface area contributed by atoms with Gasteiger partial charge >= 0.3 is 0 Å². The van der Waals surface area contributed by atoms with E-state index in [1.165, 1.54) is 18.3 Å². The van der Waals surface area contributed by atoms with Gasteiger partial charge in [0.2, 0.25) is 10.0 Å². The fraction of sp³-hybridized carbons (Fsp3) is 0.615. The number of hydrogen-bond donors (Lipinski definition) is 8. The highest BCUT2D eigenvalue weighted by atomic mass is 32.2. The van der Waals surface area contributed by atoms with E-state index in [2.05, 4.69) is 30.9 Å². The number of aryl methyl sites for hydroxylation is 1. The number of nitrogens with one attached hydrogen (secondary N) is 3. The summed E-state index contributed by atoms with van der Waals surface area (Å²) in [5.74, 6) is -1.15. The number of sulfonamides is 1. The zero-order valence-corrected chi connectivity index (χ0v) is 24.7. The first kappa shape index (κ1) is 33.7. The summed E-state index contributed by atoms with van der Waals surface area (Å²) in [7, 11) is -4.09. The average molecular weight is 612 g/mol. The van der Waals surface area contributed by atoms with Crippen molar-refractivity contribution in [3.05, 3.63) is 41.2 Å². The summed E-state index contributed by atoms with van der Waals surface area (Å²) in [6.07, 6.45) is 0.498. The number of hydrazone groups is 1. The number of carbonyl (C=O) groups excluding carboxylic acids is 1. The van der Waals surface area contributed by atoms with Crippen molar-refractivity contribution in [2.75, 3.05) is 13.2 Å². The zero-order chi connectivity index (χ0) is 31.1. The fourth-order valence-electron chi connectivity index (χ4n) is 4.52. The van der Waals surface area contributed by atoms with Crippen molar-refractivity contribution in [3.8, 4) is 0 Å². The molecule has 1 amide bonds. The van der Waals surface area contributed by atoms with Crippen LogP contribution in [0.3, 0.4) is 0 Å². The number of rotatable bonds is 15. The molecular formula is C26H41N7O8S. The molecule has 2 unspecified atom stereocenters. The van der Waals surface area contributed by atoms with Gasteiger partial charge in [-0.15, -0.1) is 5.10 Å². The molecule has 1 aromatic heterocycles. The second-order valence-electron chi connectivity index (χ2n) is 10.5. The van der Waals surface area contributed by atoms with Crippen LogP contribution in [0.2, 0.25) is 0 Å². The maximum atomic E-state index is 12.9. The van der Waals surface area contributed by atoms with Gasteiger partial charge in [0.15, 0.2) is 5.60 Å². The van der Waals surface area contributed by atoms with Crippen LogP contribution in [-0.2, 0) is 27.8 Å². The minimum absolute atomic E-state index is 0.0696. The maximum absolute atomic E-state index is 12.9. The molecule has 0 saturated carbocycles. The van der Waals surface area contributed by atoms with Gasteiger partial charge in [-0.3, -0.25) is 4.79 Å². The molecule has 1 fully saturated rings. The summed E-state index contributed by atoms with van der Waals surface area (Å²) in [6, 6.07) is 4.69. The minimum atomic E-state index is -4.09. The summed E-state index contributed by atoms with van der Waals surface area (Å²) < 4.78 is 29.0. The van der Waals surface area contributed by atoms with E-state index < -0.39 is 58.5 Å². The van der Waals surface area contributed by atoms with E-state index >= 15 is 0 Å². The van der Waals surface area contributed by atoms with Gasteiger partial charge in [-0.05, 0) is 38.8 Å². The Morgan fingerprint density at radius 3 is 2.48 bits per heavy atom. The Hall–Kier alpha value is -2.83. The number of aliphatic hydroxyl groups excluding tert-OH is 4. The molecule has 0 radical (unpaired) electrons. The van der Waals surface area contributed by atoms with E-state index in [0.717, 1.165) is 31.7 Å². The Labute approximate surface area is 244 Å². The SMILES string of the molecule is CCCCCc1c(/C=N/NC(=O)C(O)(CNS(=O)(=O)c2ccc(C)cc2)C(C)O)nnn1C[C@H]1N[C@H](CO)[C@@H](O)[C@@H]1O. The molecule has 234 valence electrons. The van der Waals surface area contributed by atoms with Crippen molar-refractivity contribution in [1.29, 1.82) is 0 Å². The highest BCUT2D eigenvalue weighted by Crippen LogP contribution is 2.18. The molecule has 0 spiro atoms. The Bertz CT molecular complexity index is 1320. The number of nitrogens with zero attached hydrogens (tertiary/aromatic N) is 4. The number of hydrogen-bond acceptors (Lipinski definition) is 12. The van der Waals surface area contributed by atoms with Crippen molar-refractivity contribution >= 4 is 22.1 Å². The Balaban J connectivity index is 1.72. The molecule has 15 nitrogen and oxygen atoms in total.